The Morgan fingerprint density at radius 1 is 0.450 bits per heavy atom. The number of aromatic nitrogens is 2. The van der Waals surface area contributed by atoms with E-state index in [0.29, 0.717) is 39.6 Å². The minimum absolute atomic E-state index is 0.00632. The van der Waals surface area contributed by atoms with Gasteiger partial charge in [0.2, 0.25) is 0 Å². The maximum Gasteiger partial charge on any atom is 0.119 e. The van der Waals surface area contributed by atoms with Gasteiger partial charge in [-0.25, -0.2) is 9.97 Å². The van der Waals surface area contributed by atoms with Crippen molar-refractivity contribution in [3.8, 4) is 34.0 Å². The molecular formula is C32H32N2O6. The van der Waals surface area contributed by atoms with Crippen molar-refractivity contribution in [2.45, 2.75) is 0 Å². The normalized spacial score (nSPS) is 11.2. The van der Waals surface area contributed by atoms with Crippen molar-refractivity contribution in [1.29, 1.82) is 0 Å². The third-order valence-electron chi connectivity index (χ3n) is 6.28. The maximum atomic E-state index is 8.78. The predicted octanol–water partition coefficient (Wildman–Crippen LogP) is 4.89. The lowest BCUT2D eigenvalue weighted by atomic mass is 10.1. The standard InChI is InChI=1S/C32H32N2O6/c35-15-17-37-19-21-39-27-9-3-23(4-10-27)29-13-7-25-1-2-26-8-14-30(34-32(26)31(25)33-29)24-5-11-28(12-6-24)40-22-20-38-18-16-36/h1-14,35-36H,15-22H2. The molecule has 0 fully saturated rings. The molecule has 0 spiro atoms. The number of fused-ring (bicyclic) bond motifs is 3. The van der Waals surface area contributed by atoms with Crippen LogP contribution in [0.1, 0.15) is 0 Å². The Labute approximate surface area is 232 Å². The zero-order chi connectivity index (χ0) is 27.6. The molecule has 2 N–H and O–H groups in total. The molecule has 40 heavy (non-hydrogen) atoms. The van der Waals surface area contributed by atoms with Crippen molar-refractivity contribution in [3.05, 3.63) is 84.9 Å². The summed E-state index contributed by atoms with van der Waals surface area (Å²) >= 11 is 0. The first-order valence-corrected chi connectivity index (χ1v) is 13.3. The van der Waals surface area contributed by atoms with Gasteiger partial charge < -0.3 is 29.2 Å². The van der Waals surface area contributed by atoms with Crippen molar-refractivity contribution in [3.63, 3.8) is 0 Å². The summed E-state index contributed by atoms with van der Waals surface area (Å²) in [6.07, 6.45) is 0. The van der Waals surface area contributed by atoms with Crippen molar-refractivity contribution < 1.29 is 29.2 Å². The van der Waals surface area contributed by atoms with E-state index in [1.54, 1.807) is 0 Å². The molecule has 2 heterocycles. The summed E-state index contributed by atoms with van der Waals surface area (Å²) in [5, 5.41) is 19.6. The van der Waals surface area contributed by atoms with Gasteiger partial charge in [0.25, 0.3) is 0 Å². The molecular weight excluding hydrogens is 508 g/mol. The first-order valence-electron chi connectivity index (χ1n) is 13.3. The molecule has 2 aromatic heterocycles. The van der Waals surface area contributed by atoms with Gasteiger partial charge in [-0.15, -0.1) is 0 Å². The molecule has 0 aliphatic heterocycles. The van der Waals surface area contributed by atoms with E-state index in [1.165, 1.54) is 0 Å². The van der Waals surface area contributed by atoms with Crippen LogP contribution in [-0.2, 0) is 9.47 Å². The van der Waals surface area contributed by atoms with Gasteiger partial charge in [-0.3, -0.25) is 0 Å². The third-order valence-corrected chi connectivity index (χ3v) is 6.28. The number of hydrogen-bond acceptors (Lipinski definition) is 8. The first-order chi connectivity index (χ1) is 19.7. The average Bonchev–Trinajstić information content (AvgIpc) is 3.01. The molecule has 0 amide bonds. The third kappa shape index (κ3) is 6.91. The van der Waals surface area contributed by atoms with Crippen LogP contribution in [0.4, 0.5) is 0 Å². The molecule has 0 saturated carbocycles. The molecule has 0 radical (unpaired) electrons. The fourth-order valence-corrected chi connectivity index (χ4v) is 4.30. The second kappa shape index (κ2) is 13.8. The summed E-state index contributed by atoms with van der Waals surface area (Å²) < 4.78 is 21.9. The van der Waals surface area contributed by atoms with Crippen LogP contribution in [0.15, 0.2) is 84.9 Å². The molecule has 0 aliphatic rings. The van der Waals surface area contributed by atoms with E-state index in [4.69, 9.17) is 39.1 Å². The number of ether oxygens (including phenoxy) is 4. The fraction of sp³-hybridized carbons (Fsp3) is 0.250. The predicted molar refractivity (Wildman–Crippen MR) is 155 cm³/mol. The molecule has 5 aromatic rings. The smallest absolute Gasteiger partial charge is 0.119 e. The van der Waals surface area contributed by atoms with Crippen LogP contribution in [0.2, 0.25) is 0 Å². The van der Waals surface area contributed by atoms with Gasteiger partial charge in [0.1, 0.15) is 24.7 Å². The number of rotatable bonds is 14. The summed E-state index contributed by atoms with van der Waals surface area (Å²) in [6.45, 7) is 2.33. The number of aliphatic hydroxyl groups is 2. The van der Waals surface area contributed by atoms with Gasteiger partial charge in [0.15, 0.2) is 0 Å². The Morgan fingerprint density at radius 2 is 0.850 bits per heavy atom. The quantitative estimate of drug-likeness (QED) is 0.152. The van der Waals surface area contributed by atoms with E-state index < -0.39 is 0 Å². The largest absolute Gasteiger partial charge is 0.491 e. The van der Waals surface area contributed by atoms with Crippen LogP contribution in [0.5, 0.6) is 11.5 Å². The van der Waals surface area contributed by atoms with Gasteiger partial charge in [0.05, 0.1) is 62.1 Å². The van der Waals surface area contributed by atoms with E-state index in [-0.39, 0.29) is 13.2 Å². The molecule has 206 valence electrons. The molecule has 8 heteroatoms. The summed E-state index contributed by atoms with van der Waals surface area (Å²) in [6, 6.07) is 28.0. The van der Waals surface area contributed by atoms with E-state index in [1.807, 2.05) is 60.7 Å². The highest BCUT2D eigenvalue weighted by molar-refractivity contribution is 6.04. The van der Waals surface area contributed by atoms with Gasteiger partial charge >= 0.3 is 0 Å². The van der Waals surface area contributed by atoms with E-state index >= 15 is 0 Å². The Hall–Kier alpha value is -4.08. The summed E-state index contributed by atoms with van der Waals surface area (Å²) in [7, 11) is 0. The zero-order valence-electron chi connectivity index (χ0n) is 22.2. The van der Waals surface area contributed by atoms with Gasteiger partial charge in [-0.2, -0.15) is 0 Å². The van der Waals surface area contributed by atoms with Crippen molar-refractivity contribution in [2.75, 3.05) is 52.9 Å². The van der Waals surface area contributed by atoms with E-state index in [0.717, 1.165) is 55.8 Å². The molecule has 8 nitrogen and oxygen atoms in total. The number of benzene rings is 3. The fourth-order valence-electron chi connectivity index (χ4n) is 4.30. The number of hydrogen-bond donors (Lipinski definition) is 2. The van der Waals surface area contributed by atoms with E-state index in [9.17, 15) is 0 Å². The van der Waals surface area contributed by atoms with E-state index in [2.05, 4.69) is 24.3 Å². The van der Waals surface area contributed by atoms with Crippen LogP contribution in [0, 0.1) is 0 Å². The SMILES string of the molecule is OCCOCCOc1ccc(-c2ccc3ccc4ccc(-c5ccc(OCCOCCO)cc5)nc4c3n2)cc1. The summed E-state index contributed by atoms with van der Waals surface area (Å²) in [5.41, 5.74) is 5.37. The lowest BCUT2D eigenvalue weighted by Crippen LogP contribution is -2.09. The molecule has 3 aromatic carbocycles. The highest BCUT2D eigenvalue weighted by atomic mass is 16.5. The Morgan fingerprint density at radius 3 is 1.25 bits per heavy atom. The number of nitrogens with zero attached hydrogens (tertiary/aromatic N) is 2. The Kier molecular flexibility index (Phi) is 9.50. The maximum absolute atomic E-state index is 8.78. The lowest BCUT2D eigenvalue weighted by Gasteiger charge is -2.10. The minimum atomic E-state index is 0.00632. The average molecular weight is 541 g/mol. The molecule has 0 atom stereocenters. The first kappa shape index (κ1) is 27.5. The minimum Gasteiger partial charge on any atom is -0.491 e. The summed E-state index contributed by atoms with van der Waals surface area (Å²) in [4.78, 5) is 10.0. The second-order valence-electron chi connectivity index (χ2n) is 9.02. The lowest BCUT2D eigenvalue weighted by molar-refractivity contribution is 0.0705. The van der Waals surface area contributed by atoms with Crippen LogP contribution in [0.25, 0.3) is 44.3 Å². The second-order valence-corrected chi connectivity index (χ2v) is 9.02. The molecule has 5 rings (SSSR count). The van der Waals surface area contributed by atoms with Gasteiger partial charge in [0, 0.05) is 21.9 Å². The molecule has 0 bridgehead atoms. The van der Waals surface area contributed by atoms with Crippen LogP contribution < -0.4 is 9.47 Å². The van der Waals surface area contributed by atoms with Crippen molar-refractivity contribution in [1.82, 2.24) is 9.97 Å². The topological polar surface area (TPSA) is 103 Å². The monoisotopic (exact) mass is 540 g/mol. The molecule has 0 saturated heterocycles. The van der Waals surface area contributed by atoms with Crippen LogP contribution in [0.3, 0.4) is 0 Å². The molecule has 0 unspecified atom stereocenters. The molecule has 0 aliphatic carbocycles. The van der Waals surface area contributed by atoms with Crippen LogP contribution in [-0.4, -0.2) is 73.0 Å². The number of aliphatic hydroxyl groups excluding tert-OH is 2. The zero-order valence-corrected chi connectivity index (χ0v) is 22.2. The number of pyridine rings is 2. The van der Waals surface area contributed by atoms with Crippen LogP contribution >= 0.6 is 0 Å². The highest BCUT2D eigenvalue weighted by Crippen LogP contribution is 2.29. The highest BCUT2D eigenvalue weighted by Gasteiger charge is 2.09. The van der Waals surface area contributed by atoms with Crippen molar-refractivity contribution >= 4 is 21.8 Å². The Balaban J connectivity index is 1.34. The van der Waals surface area contributed by atoms with Gasteiger partial charge in [-0.1, -0.05) is 24.3 Å². The van der Waals surface area contributed by atoms with Crippen molar-refractivity contribution in [2.24, 2.45) is 0 Å². The Bertz CT molecular complexity index is 1410. The van der Waals surface area contributed by atoms with Gasteiger partial charge in [-0.05, 0) is 60.7 Å². The summed E-state index contributed by atoms with van der Waals surface area (Å²) in [5.74, 6) is 1.50.